The average Bonchev–Trinajstić information content (AvgIpc) is 2.81. The van der Waals surface area contributed by atoms with Gasteiger partial charge >= 0.3 is 0 Å². The molecule has 0 heterocycles. The number of nitrogens with one attached hydrogen (secondary N) is 1. The van der Waals surface area contributed by atoms with Crippen LogP contribution in [0.3, 0.4) is 0 Å². The molecule has 0 aromatic carbocycles. The van der Waals surface area contributed by atoms with Gasteiger partial charge < -0.3 is 10.2 Å². The van der Waals surface area contributed by atoms with Gasteiger partial charge in [-0.1, -0.05) is 6.92 Å². The zero-order valence-electron chi connectivity index (χ0n) is 7.77. The highest BCUT2D eigenvalue weighted by Crippen LogP contribution is 2.26. The Morgan fingerprint density at radius 3 is 2.64 bits per heavy atom. The summed E-state index contributed by atoms with van der Waals surface area (Å²) in [4.78, 5) is 2.59. The summed E-state index contributed by atoms with van der Waals surface area (Å²) in [5.41, 5.74) is 0. The molecule has 0 saturated heterocycles. The molecule has 0 bridgehead atoms. The van der Waals surface area contributed by atoms with Crippen LogP contribution < -0.4 is 5.32 Å². The highest BCUT2D eigenvalue weighted by atomic mass is 15.2. The second-order valence-electron chi connectivity index (χ2n) is 3.32. The molecule has 1 aliphatic rings. The van der Waals surface area contributed by atoms with Gasteiger partial charge in [-0.15, -0.1) is 0 Å². The first-order valence-electron chi connectivity index (χ1n) is 4.77. The maximum Gasteiger partial charge on any atom is 0.00963 e. The Labute approximate surface area is 70.0 Å². The first-order chi connectivity index (χ1) is 5.38. The van der Waals surface area contributed by atoms with Crippen LogP contribution in [0.4, 0.5) is 0 Å². The lowest BCUT2D eigenvalue weighted by atomic mass is 10.3. The minimum Gasteiger partial charge on any atom is -0.320 e. The van der Waals surface area contributed by atoms with Gasteiger partial charge in [-0.3, -0.25) is 0 Å². The van der Waals surface area contributed by atoms with Crippen LogP contribution in [0.2, 0.25) is 0 Å². The van der Waals surface area contributed by atoms with Crippen molar-refractivity contribution in [1.82, 2.24) is 10.2 Å². The summed E-state index contributed by atoms with van der Waals surface area (Å²) in [6, 6.07) is 0.942. The van der Waals surface area contributed by atoms with Crippen molar-refractivity contribution in [2.24, 2.45) is 0 Å². The predicted octanol–water partition coefficient (Wildman–Crippen LogP) is 1.08. The molecule has 1 N–H and O–H groups in total. The molecule has 0 aliphatic heterocycles. The quantitative estimate of drug-likeness (QED) is 0.579. The largest absolute Gasteiger partial charge is 0.320 e. The smallest absolute Gasteiger partial charge is 0.00963 e. The molecule has 0 spiro atoms. The number of hydrogen-bond acceptors (Lipinski definition) is 2. The maximum atomic E-state index is 3.18. The molecule has 0 aromatic heterocycles. The van der Waals surface area contributed by atoms with Crippen LogP contribution in [0.15, 0.2) is 0 Å². The summed E-state index contributed by atoms with van der Waals surface area (Å²) in [6.07, 6.45) is 4.17. The Hall–Kier alpha value is -0.0800. The third-order valence-corrected chi connectivity index (χ3v) is 2.34. The van der Waals surface area contributed by atoms with E-state index in [4.69, 9.17) is 0 Å². The van der Waals surface area contributed by atoms with Crippen molar-refractivity contribution in [3.8, 4) is 0 Å². The van der Waals surface area contributed by atoms with Crippen LogP contribution in [0.5, 0.6) is 0 Å². The molecule has 0 atom stereocenters. The summed E-state index contributed by atoms with van der Waals surface area (Å²) in [7, 11) is 2.02. The fraction of sp³-hybridized carbons (Fsp3) is 1.00. The van der Waals surface area contributed by atoms with Gasteiger partial charge in [0.05, 0.1) is 0 Å². The average molecular weight is 156 g/mol. The predicted molar refractivity (Wildman–Crippen MR) is 48.8 cm³/mol. The SMILES string of the molecule is CCN(CCCNC)C1CC1. The molecule has 11 heavy (non-hydrogen) atoms. The van der Waals surface area contributed by atoms with Crippen LogP contribution in [0, 0.1) is 0 Å². The van der Waals surface area contributed by atoms with Crippen molar-refractivity contribution in [3.63, 3.8) is 0 Å². The summed E-state index contributed by atoms with van der Waals surface area (Å²) in [5, 5.41) is 3.18. The zero-order chi connectivity index (χ0) is 8.10. The van der Waals surface area contributed by atoms with E-state index >= 15 is 0 Å². The third kappa shape index (κ3) is 3.21. The molecule has 1 rings (SSSR count). The van der Waals surface area contributed by atoms with E-state index in [1.54, 1.807) is 0 Å². The molecule has 2 heteroatoms. The fourth-order valence-electron chi connectivity index (χ4n) is 1.50. The first kappa shape index (κ1) is 9.01. The van der Waals surface area contributed by atoms with Gasteiger partial charge in [0.1, 0.15) is 0 Å². The van der Waals surface area contributed by atoms with E-state index in [2.05, 4.69) is 17.1 Å². The normalized spacial score (nSPS) is 17.7. The van der Waals surface area contributed by atoms with Crippen LogP contribution >= 0.6 is 0 Å². The number of hydrogen-bond donors (Lipinski definition) is 1. The van der Waals surface area contributed by atoms with Crippen LogP contribution in [-0.4, -0.2) is 37.6 Å². The van der Waals surface area contributed by atoms with E-state index in [1.807, 2.05) is 7.05 Å². The lowest BCUT2D eigenvalue weighted by molar-refractivity contribution is 0.274. The van der Waals surface area contributed by atoms with Gasteiger partial charge in [-0.05, 0) is 45.9 Å². The van der Waals surface area contributed by atoms with Gasteiger partial charge in [0.25, 0.3) is 0 Å². The van der Waals surface area contributed by atoms with Gasteiger partial charge in [-0.25, -0.2) is 0 Å². The highest BCUT2D eigenvalue weighted by Gasteiger charge is 2.26. The highest BCUT2D eigenvalue weighted by molar-refractivity contribution is 4.83. The minimum atomic E-state index is 0.942. The van der Waals surface area contributed by atoms with E-state index in [1.165, 1.54) is 32.4 Å². The Bertz CT molecular complexity index is 99.7. The van der Waals surface area contributed by atoms with Crippen LogP contribution in [-0.2, 0) is 0 Å². The number of nitrogens with zero attached hydrogens (tertiary/aromatic N) is 1. The van der Waals surface area contributed by atoms with Crippen LogP contribution in [0.25, 0.3) is 0 Å². The minimum absolute atomic E-state index is 0.942. The second kappa shape index (κ2) is 4.73. The molecule has 66 valence electrons. The summed E-state index contributed by atoms with van der Waals surface area (Å²) in [6.45, 7) is 5.93. The molecule has 0 unspecified atom stereocenters. The third-order valence-electron chi connectivity index (χ3n) is 2.34. The summed E-state index contributed by atoms with van der Waals surface area (Å²) < 4.78 is 0. The monoisotopic (exact) mass is 156 g/mol. The Kier molecular flexibility index (Phi) is 3.87. The lowest BCUT2D eigenvalue weighted by Crippen LogP contribution is -2.28. The van der Waals surface area contributed by atoms with Crippen molar-refractivity contribution in [2.45, 2.75) is 32.2 Å². The van der Waals surface area contributed by atoms with E-state index < -0.39 is 0 Å². The topological polar surface area (TPSA) is 15.3 Å². The molecular formula is C9H20N2. The summed E-state index contributed by atoms with van der Waals surface area (Å²) >= 11 is 0. The van der Waals surface area contributed by atoms with E-state index in [-0.39, 0.29) is 0 Å². The molecule has 0 radical (unpaired) electrons. The standard InChI is InChI=1S/C9H20N2/c1-3-11(9-5-6-9)8-4-7-10-2/h9-10H,3-8H2,1-2H3. The van der Waals surface area contributed by atoms with Gasteiger partial charge in [0, 0.05) is 6.04 Å². The second-order valence-corrected chi connectivity index (χ2v) is 3.32. The van der Waals surface area contributed by atoms with E-state index in [0.717, 1.165) is 12.6 Å². The Morgan fingerprint density at radius 1 is 1.45 bits per heavy atom. The molecule has 0 aromatic rings. The van der Waals surface area contributed by atoms with E-state index in [9.17, 15) is 0 Å². The van der Waals surface area contributed by atoms with Crippen LogP contribution in [0.1, 0.15) is 26.2 Å². The molecule has 1 aliphatic carbocycles. The van der Waals surface area contributed by atoms with Gasteiger partial charge in [0.15, 0.2) is 0 Å². The van der Waals surface area contributed by atoms with Crippen molar-refractivity contribution in [2.75, 3.05) is 26.7 Å². The Balaban J connectivity index is 2.01. The van der Waals surface area contributed by atoms with Crippen molar-refractivity contribution in [3.05, 3.63) is 0 Å². The molecular weight excluding hydrogens is 136 g/mol. The van der Waals surface area contributed by atoms with Crippen molar-refractivity contribution in [1.29, 1.82) is 0 Å². The van der Waals surface area contributed by atoms with E-state index in [0.29, 0.717) is 0 Å². The fourth-order valence-corrected chi connectivity index (χ4v) is 1.50. The van der Waals surface area contributed by atoms with Crippen molar-refractivity contribution < 1.29 is 0 Å². The molecule has 2 nitrogen and oxygen atoms in total. The lowest BCUT2D eigenvalue weighted by Gasteiger charge is -2.19. The first-order valence-corrected chi connectivity index (χ1v) is 4.77. The van der Waals surface area contributed by atoms with Crippen molar-refractivity contribution >= 4 is 0 Å². The summed E-state index contributed by atoms with van der Waals surface area (Å²) in [5.74, 6) is 0. The zero-order valence-corrected chi connectivity index (χ0v) is 7.77. The van der Waals surface area contributed by atoms with Gasteiger partial charge in [-0.2, -0.15) is 0 Å². The molecule has 1 fully saturated rings. The molecule has 0 amide bonds. The Morgan fingerprint density at radius 2 is 2.18 bits per heavy atom. The maximum absolute atomic E-state index is 3.18. The molecule has 1 saturated carbocycles. The number of rotatable bonds is 6. The van der Waals surface area contributed by atoms with Gasteiger partial charge in [0.2, 0.25) is 0 Å².